The van der Waals surface area contributed by atoms with E-state index in [2.05, 4.69) is 0 Å². The van der Waals surface area contributed by atoms with Crippen molar-refractivity contribution in [3.8, 4) is 5.75 Å². The zero-order valence-corrected chi connectivity index (χ0v) is 8.53. The maximum absolute atomic E-state index is 11.3. The molecule has 0 N–H and O–H groups in total. The van der Waals surface area contributed by atoms with E-state index in [-0.39, 0.29) is 11.9 Å². The van der Waals surface area contributed by atoms with Crippen molar-refractivity contribution >= 4 is 5.97 Å². The second-order valence-corrected chi connectivity index (χ2v) is 4.29. The number of carbonyl (C=O) groups is 1. The minimum absolute atomic E-state index is 0.122. The molecule has 0 aromatic heterocycles. The normalized spacial score (nSPS) is 32.6. The molecular weight excluding hydrogens is 192 g/mol. The number of rotatable bonds is 0. The minimum Gasteiger partial charge on any atom is -0.493 e. The number of para-hydroxylation sites is 1. The molecule has 3 nitrogen and oxygen atoms in total. The highest BCUT2D eigenvalue weighted by Crippen LogP contribution is 2.47. The second-order valence-electron chi connectivity index (χ2n) is 4.29. The van der Waals surface area contributed by atoms with Crippen molar-refractivity contribution < 1.29 is 14.3 Å². The molecule has 0 radical (unpaired) electrons. The third kappa shape index (κ3) is 1.09. The van der Waals surface area contributed by atoms with Gasteiger partial charge >= 0.3 is 5.97 Å². The summed E-state index contributed by atoms with van der Waals surface area (Å²) in [6, 6.07) is 7.77. The lowest BCUT2D eigenvalue weighted by molar-refractivity contribution is -0.150. The highest BCUT2D eigenvalue weighted by molar-refractivity contribution is 5.74. The van der Waals surface area contributed by atoms with Crippen LogP contribution in [0.3, 0.4) is 0 Å². The van der Waals surface area contributed by atoms with Crippen LogP contribution in [0.5, 0.6) is 5.75 Å². The topological polar surface area (TPSA) is 35.5 Å². The number of carbonyl (C=O) groups excluding carboxylic acids is 1. The Bertz CT molecular complexity index is 427. The Kier molecular flexibility index (Phi) is 1.61. The lowest BCUT2D eigenvalue weighted by Gasteiger charge is -2.35. The SMILES string of the molecule is C[C@]12OC(=O)C[C@H]1COc1ccccc12. The highest BCUT2D eigenvalue weighted by atomic mass is 16.6. The summed E-state index contributed by atoms with van der Waals surface area (Å²) in [7, 11) is 0. The van der Waals surface area contributed by atoms with Crippen LogP contribution in [-0.4, -0.2) is 12.6 Å². The average Bonchev–Trinajstić information content (AvgIpc) is 2.53. The standard InChI is InChI=1S/C12H12O3/c1-12-8(6-11(13)15-12)7-14-10-5-3-2-4-9(10)12/h2-5,8H,6-7H2,1H3/t8-,12-/m0/s1. The van der Waals surface area contributed by atoms with Crippen LogP contribution in [0, 0.1) is 5.92 Å². The second kappa shape index (κ2) is 2.75. The largest absolute Gasteiger partial charge is 0.493 e. The van der Waals surface area contributed by atoms with E-state index in [0.717, 1.165) is 11.3 Å². The molecule has 2 aliphatic heterocycles. The molecule has 2 aliphatic rings. The van der Waals surface area contributed by atoms with Gasteiger partial charge in [-0.1, -0.05) is 18.2 Å². The molecule has 15 heavy (non-hydrogen) atoms. The first kappa shape index (κ1) is 8.77. The van der Waals surface area contributed by atoms with Crippen molar-refractivity contribution in [1.82, 2.24) is 0 Å². The summed E-state index contributed by atoms with van der Waals surface area (Å²) < 4.78 is 11.1. The molecule has 0 amide bonds. The van der Waals surface area contributed by atoms with E-state index in [9.17, 15) is 4.79 Å². The Morgan fingerprint density at radius 1 is 1.40 bits per heavy atom. The summed E-state index contributed by atoms with van der Waals surface area (Å²) in [5, 5.41) is 0. The van der Waals surface area contributed by atoms with E-state index in [1.165, 1.54) is 0 Å². The lowest BCUT2D eigenvalue weighted by Crippen LogP contribution is -2.37. The molecule has 3 rings (SSSR count). The number of hydrogen-bond donors (Lipinski definition) is 0. The van der Waals surface area contributed by atoms with Crippen molar-refractivity contribution in [2.75, 3.05) is 6.61 Å². The van der Waals surface area contributed by atoms with Crippen molar-refractivity contribution in [2.24, 2.45) is 5.92 Å². The van der Waals surface area contributed by atoms with Crippen LogP contribution in [0.15, 0.2) is 24.3 Å². The zero-order valence-electron chi connectivity index (χ0n) is 8.53. The highest BCUT2D eigenvalue weighted by Gasteiger charge is 2.50. The Labute approximate surface area is 88.0 Å². The van der Waals surface area contributed by atoms with Gasteiger partial charge in [-0.2, -0.15) is 0 Å². The molecule has 0 aliphatic carbocycles. The number of hydrogen-bond acceptors (Lipinski definition) is 3. The van der Waals surface area contributed by atoms with Gasteiger partial charge in [-0.15, -0.1) is 0 Å². The van der Waals surface area contributed by atoms with Gasteiger partial charge in [-0.25, -0.2) is 0 Å². The predicted octanol–water partition coefficient (Wildman–Crippen LogP) is 1.86. The van der Waals surface area contributed by atoms with Crippen LogP contribution in [0.25, 0.3) is 0 Å². The monoisotopic (exact) mass is 204 g/mol. The molecule has 0 spiro atoms. The third-order valence-electron chi connectivity index (χ3n) is 3.38. The number of benzene rings is 1. The molecule has 0 unspecified atom stereocenters. The van der Waals surface area contributed by atoms with E-state index in [0.29, 0.717) is 13.0 Å². The van der Waals surface area contributed by atoms with Crippen LogP contribution < -0.4 is 4.74 Å². The van der Waals surface area contributed by atoms with Crippen molar-refractivity contribution in [3.05, 3.63) is 29.8 Å². The Balaban J connectivity index is 2.15. The van der Waals surface area contributed by atoms with Crippen molar-refractivity contribution in [1.29, 1.82) is 0 Å². The summed E-state index contributed by atoms with van der Waals surface area (Å²) >= 11 is 0. The van der Waals surface area contributed by atoms with Gasteiger partial charge in [0.25, 0.3) is 0 Å². The van der Waals surface area contributed by atoms with Gasteiger partial charge in [0.1, 0.15) is 11.4 Å². The van der Waals surface area contributed by atoms with E-state index in [1.807, 2.05) is 31.2 Å². The Hall–Kier alpha value is -1.51. The van der Waals surface area contributed by atoms with Gasteiger partial charge in [-0.3, -0.25) is 4.79 Å². The summed E-state index contributed by atoms with van der Waals surface area (Å²) in [4.78, 5) is 11.3. The molecule has 2 heterocycles. The Morgan fingerprint density at radius 3 is 3.07 bits per heavy atom. The molecule has 3 heteroatoms. The van der Waals surface area contributed by atoms with Gasteiger partial charge in [0, 0.05) is 11.5 Å². The molecule has 1 aromatic carbocycles. The molecule has 78 valence electrons. The molecular formula is C12H12O3. The van der Waals surface area contributed by atoms with Gasteiger partial charge in [0.15, 0.2) is 0 Å². The lowest BCUT2D eigenvalue weighted by atomic mass is 9.81. The van der Waals surface area contributed by atoms with Crippen LogP contribution in [0.1, 0.15) is 18.9 Å². The van der Waals surface area contributed by atoms with E-state index in [4.69, 9.17) is 9.47 Å². The maximum Gasteiger partial charge on any atom is 0.307 e. The van der Waals surface area contributed by atoms with Crippen LogP contribution in [0.2, 0.25) is 0 Å². The maximum atomic E-state index is 11.3. The van der Waals surface area contributed by atoms with Crippen LogP contribution in [-0.2, 0) is 15.1 Å². The summed E-state index contributed by atoms with van der Waals surface area (Å²) in [5.74, 6) is 0.869. The first-order valence-electron chi connectivity index (χ1n) is 5.14. The van der Waals surface area contributed by atoms with Crippen molar-refractivity contribution in [2.45, 2.75) is 18.9 Å². The molecule has 1 aromatic rings. The first-order valence-corrected chi connectivity index (χ1v) is 5.14. The van der Waals surface area contributed by atoms with E-state index in [1.54, 1.807) is 0 Å². The fraction of sp³-hybridized carbons (Fsp3) is 0.417. The number of ether oxygens (including phenoxy) is 2. The Morgan fingerprint density at radius 2 is 2.20 bits per heavy atom. The van der Waals surface area contributed by atoms with Gasteiger partial charge in [-0.05, 0) is 13.0 Å². The fourth-order valence-corrected chi connectivity index (χ4v) is 2.44. The minimum atomic E-state index is -0.480. The molecule has 0 saturated carbocycles. The third-order valence-corrected chi connectivity index (χ3v) is 3.38. The summed E-state index contributed by atoms with van der Waals surface area (Å²) in [6.07, 6.45) is 0.463. The molecule has 0 bridgehead atoms. The average molecular weight is 204 g/mol. The number of fused-ring (bicyclic) bond motifs is 3. The summed E-state index contributed by atoms with van der Waals surface area (Å²) in [5.41, 5.74) is 0.512. The van der Waals surface area contributed by atoms with Crippen molar-refractivity contribution in [3.63, 3.8) is 0 Å². The molecule has 2 atom stereocenters. The molecule has 1 saturated heterocycles. The van der Waals surface area contributed by atoms with E-state index < -0.39 is 5.60 Å². The number of esters is 1. The summed E-state index contributed by atoms with van der Waals surface area (Å²) in [6.45, 7) is 2.54. The predicted molar refractivity (Wildman–Crippen MR) is 53.5 cm³/mol. The zero-order chi connectivity index (χ0) is 10.5. The quantitative estimate of drug-likeness (QED) is 0.605. The smallest absolute Gasteiger partial charge is 0.307 e. The van der Waals surface area contributed by atoms with Gasteiger partial charge in [0.05, 0.1) is 13.0 Å². The fourth-order valence-electron chi connectivity index (χ4n) is 2.44. The first-order chi connectivity index (χ1) is 7.20. The van der Waals surface area contributed by atoms with Gasteiger partial charge < -0.3 is 9.47 Å². The van der Waals surface area contributed by atoms with E-state index >= 15 is 0 Å². The van der Waals surface area contributed by atoms with Crippen LogP contribution >= 0.6 is 0 Å². The van der Waals surface area contributed by atoms with Crippen LogP contribution in [0.4, 0.5) is 0 Å². The van der Waals surface area contributed by atoms with Gasteiger partial charge in [0.2, 0.25) is 0 Å². The molecule has 1 fully saturated rings.